The van der Waals surface area contributed by atoms with Crippen molar-refractivity contribution in [3.05, 3.63) is 64.5 Å². The molecule has 3 aromatic rings. The van der Waals surface area contributed by atoms with Crippen LogP contribution in [0.15, 0.2) is 47.8 Å². The maximum atomic E-state index is 9.69. The number of fused-ring (bicyclic) bond motifs is 1. The standard InChI is InChI=1S/C23H22N2O3S/c1-2-9-25-12-16-3-5-17(6-4-16)13-26-23-19(11-24)20(14-29-23)18-7-8-21-22(10-18)28-15-27-21/h3-8,10,14,25H,2,9,12-13,15H2,1H3. The van der Waals surface area contributed by atoms with Gasteiger partial charge < -0.3 is 19.5 Å². The third kappa shape index (κ3) is 4.37. The van der Waals surface area contributed by atoms with E-state index < -0.39 is 0 Å². The average Bonchev–Trinajstić information content (AvgIpc) is 3.39. The second-order valence-corrected chi connectivity index (χ2v) is 7.62. The summed E-state index contributed by atoms with van der Waals surface area (Å²) in [5.74, 6) is 1.43. The summed E-state index contributed by atoms with van der Waals surface area (Å²) in [5.41, 5.74) is 4.64. The smallest absolute Gasteiger partial charge is 0.231 e. The molecule has 0 amide bonds. The molecular weight excluding hydrogens is 384 g/mol. The van der Waals surface area contributed by atoms with Crippen molar-refractivity contribution in [3.8, 4) is 33.8 Å². The first kappa shape index (κ1) is 19.3. The first-order valence-corrected chi connectivity index (χ1v) is 10.5. The number of nitriles is 1. The van der Waals surface area contributed by atoms with Gasteiger partial charge in [-0.15, -0.1) is 11.3 Å². The van der Waals surface area contributed by atoms with Gasteiger partial charge in [-0.3, -0.25) is 0 Å². The fraction of sp³-hybridized carbons (Fsp3) is 0.261. The van der Waals surface area contributed by atoms with Gasteiger partial charge >= 0.3 is 0 Å². The van der Waals surface area contributed by atoms with Crippen molar-refractivity contribution in [2.24, 2.45) is 0 Å². The molecule has 2 aromatic carbocycles. The van der Waals surface area contributed by atoms with Crippen molar-refractivity contribution in [2.45, 2.75) is 26.5 Å². The quantitative estimate of drug-likeness (QED) is 0.528. The summed E-state index contributed by atoms with van der Waals surface area (Å²) in [4.78, 5) is 0. The number of thiophene rings is 1. The van der Waals surface area contributed by atoms with Crippen molar-refractivity contribution in [1.29, 1.82) is 5.26 Å². The zero-order chi connectivity index (χ0) is 20.1. The molecule has 6 heteroatoms. The van der Waals surface area contributed by atoms with Gasteiger partial charge in [-0.05, 0) is 41.8 Å². The predicted molar refractivity (Wildman–Crippen MR) is 113 cm³/mol. The summed E-state index contributed by atoms with van der Waals surface area (Å²) in [6, 6.07) is 16.4. The van der Waals surface area contributed by atoms with E-state index in [0.29, 0.717) is 23.0 Å². The Hall–Kier alpha value is -3.01. The second kappa shape index (κ2) is 8.99. The van der Waals surface area contributed by atoms with Gasteiger partial charge in [0.25, 0.3) is 0 Å². The molecule has 0 saturated heterocycles. The molecule has 2 heterocycles. The molecule has 4 rings (SSSR count). The van der Waals surface area contributed by atoms with Crippen LogP contribution < -0.4 is 19.5 Å². The van der Waals surface area contributed by atoms with E-state index in [4.69, 9.17) is 14.2 Å². The number of rotatable bonds is 8. The predicted octanol–water partition coefficient (Wildman–Crippen LogP) is 5.09. The highest BCUT2D eigenvalue weighted by Crippen LogP contribution is 2.41. The fourth-order valence-corrected chi connectivity index (χ4v) is 4.02. The van der Waals surface area contributed by atoms with Crippen LogP contribution in [-0.2, 0) is 13.2 Å². The normalized spacial score (nSPS) is 12.0. The lowest BCUT2D eigenvalue weighted by atomic mass is 10.0. The molecule has 5 nitrogen and oxygen atoms in total. The summed E-state index contributed by atoms with van der Waals surface area (Å²) < 4.78 is 16.8. The van der Waals surface area contributed by atoms with Gasteiger partial charge in [0, 0.05) is 17.5 Å². The lowest BCUT2D eigenvalue weighted by molar-refractivity contribution is 0.174. The van der Waals surface area contributed by atoms with Gasteiger partial charge in [0.1, 0.15) is 18.2 Å². The van der Waals surface area contributed by atoms with Gasteiger partial charge in [-0.25, -0.2) is 0 Å². The summed E-state index contributed by atoms with van der Waals surface area (Å²) in [6.45, 7) is 4.71. The van der Waals surface area contributed by atoms with Crippen molar-refractivity contribution in [3.63, 3.8) is 0 Å². The van der Waals surface area contributed by atoms with Gasteiger partial charge in [-0.2, -0.15) is 5.26 Å². The Morgan fingerprint density at radius 1 is 1.10 bits per heavy atom. The van der Waals surface area contributed by atoms with E-state index in [1.165, 1.54) is 16.9 Å². The SMILES string of the molecule is CCCNCc1ccc(COc2scc(-c3ccc4c(c3)OCO4)c2C#N)cc1. The zero-order valence-electron chi connectivity index (χ0n) is 16.2. The van der Waals surface area contributed by atoms with Crippen LogP contribution in [0.4, 0.5) is 0 Å². The zero-order valence-corrected chi connectivity index (χ0v) is 17.1. The third-order valence-electron chi connectivity index (χ3n) is 4.70. The van der Waals surface area contributed by atoms with Crippen LogP contribution in [0.5, 0.6) is 16.6 Å². The van der Waals surface area contributed by atoms with Gasteiger partial charge in [0.15, 0.2) is 16.6 Å². The van der Waals surface area contributed by atoms with Crippen molar-refractivity contribution < 1.29 is 14.2 Å². The molecule has 0 unspecified atom stereocenters. The summed E-state index contributed by atoms with van der Waals surface area (Å²) >= 11 is 1.44. The van der Waals surface area contributed by atoms with Crippen molar-refractivity contribution in [1.82, 2.24) is 5.32 Å². The Kier molecular flexibility index (Phi) is 5.99. The Morgan fingerprint density at radius 2 is 1.90 bits per heavy atom. The summed E-state index contributed by atoms with van der Waals surface area (Å²) in [5, 5.41) is 15.7. The number of benzene rings is 2. The number of ether oxygens (including phenoxy) is 3. The molecule has 0 atom stereocenters. The number of hydrogen-bond donors (Lipinski definition) is 1. The number of hydrogen-bond acceptors (Lipinski definition) is 6. The van der Waals surface area contributed by atoms with E-state index in [2.05, 4.69) is 42.6 Å². The summed E-state index contributed by atoms with van der Waals surface area (Å²) in [7, 11) is 0. The van der Waals surface area contributed by atoms with E-state index in [9.17, 15) is 5.26 Å². The largest absolute Gasteiger partial charge is 0.478 e. The third-order valence-corrected chi connectivity index (χ3v) is 5.59. The van der Waals surface area contributed by atoms with Crippen LogP contribution in [0.25, 0.3) is 11.1 Å². The van der Waals surface area contributed by atoms with Crippen LogP contribution in [0.3, 0.4) is 0 Å². The van der Waals surface area contributed by atoms with E-state index in [1.807, 2.05) is 23.6 Å². The molecule has 1 aliphatic heterocycles. The van der Waals surface area contributed by atoms with Crippen molar-refractivity contribution in [2.75, 3.05) is 13.3 Å². The molecule has 0 bridgehead atoms. The van der Waals surface area contributed by atoms with Crippen LogP contribution in [-0.4, -0.2) is 13.3 Å². The van der Waals surface area contributed by atoms with Gasteiger partial charge in [0.2, 0.25) is 6.79 Å². The van der Waals surface area contributed by atoms with E-state index >= 15 is 0 Å². The summed E-state index contributed by atoms with van der Waals surface area (Å²) in [6.07, 6.45) is 1.13. The lowest BCUT2D eigenvalue weighted by Crippen LogP contribution is -2.13. The Balaban J connectivity index is 1.44. The Bertz CT molecular complexity index is 1020. The van der Waals surface area contributed by atoms with E-state index in [1.54, 1.807) is 0 Å². The molecule has 1 aromatic heterocycles. The van der Waals surface area contributed by atoms with Crippen LogP contribution >= 0.6 is 11.3 Å². The van der Waals surface area contributed by atoms with Crippen LogP contribution in [0.1, 0.15) is 30.0 Å². The first-order valence-electron chi connectivity index (χ1n) is 9.61. The lowest BCUT2D eigenvalue weighted by Gasteiger charge is -2.07. The fourth-order valence-electron chi connectivity index (χ4n) is 3.14. The highest BCUT2D eigenvalue weighted by Gasteiger charge is 2.18. The maximum Gasteiger partial charge on any atom is 0.231 e. The molecular formula is C23H22N2O3S. The monoisotopic (exact) mass is 406 g/mol. The molecule has 29 heavy (non-hydrogen) atoms. The molecule has 0 fully saturated rings. The molecule has 1 aliphatic rings. The maximum absolute atomic E-state index is 9.69. The molecule has 0 spiro atoms. The van der Waals surface area contributed by atoms with Crippen LogP contribution in [0.2, 0.25) is 0 Å². The minimum absolute atomic E-state index is 0.231. The van der Waals surface area contributed by atoms with Gasteiger partial charge in [0.05, 0.1) is 0 Å². The molecule has 0 radical (unpaired) electrons. The number of nitrogens with zero attached hydrogens (tertiary/aromatic N) is 1. The molecule has 148 valence electrons. The second-order valence-electron chi connectivity index (χ2n) is 6.77. The minimum Gasteiger partial charge on any atom is -0.478 e. The van der Waals surface area contributed by atoms with Gasteiger partial charge in [-0.1, -0.05) is 37.3 Å². The van der Waals surface area contributed by atoms with E-state index in [-0.39, 0.29) is 6.79 Å². The number of nitrogens with one attached hydrogen (secondary N) is 1. The highest BCUT2D eigenvalue weighted by molar-refractivity contribution is 7.12. The minimum atomic E-state index is 0.231. The highest BCUT2D eigenvalue weighted by atomic mass is 32.1. The molecule has 1 N–H and O–H groups in total. The molecule has 0 saturated carbocycles. The topological polar surface area (TPSA) is 63.5 Å². The molecule has 0 aliphatic carbocycles. The Morgan fingerprint density at radius 3 is 2.69 bits per heavy atom. The first-order chi connectivity index (χ1) is 14.3. The van der Waals surface area contributed by atoms with E-state index in [0.717, 1.165) is 42.0 Å². The van der Waals surface area contributed by atoms with Crippen LogP contribution in [0, 0.1) is 11.3 Å². The average molecular weight is 407 g/mol. The Labute approximate surface area is 174 Å². The van der Waals surface area contributed by atoms with Crippen molar-refractivity contribution >= 4 is 11.3 Å².